The molecule has 0 aliphatic rings. The van der Waals surface area contributed by atoms with Gasteiger partial charge in [-0.2, -0.15) is 12.6 Å². The van der Waals surface area contributed by atoms with Crippen LogP contribution in [0.25, 0.3) is 0 Å². The largest absolute Gasteiger partial charge is 0.679 e. The topological polar surface area (TPSA) is 36.9 Å². The molecule has 0 heterocycles. The van der Waals surface area contributed by atoms with E-state index in [1.807, 2.05) is 0 Å². The zero-order valence-electron chi connectivity index (χ0n) is 11.9. The molecular formula is C12H28O4SSi. The lowest BCUT2D eigenvalue weighted by Crippen LogP contribution is -2.50. The number of hydrogen-bond donors (Lipinski definition) is 1. The van der Waals surface area contributed by atoms with Gasteiger partial charge in [-0.25, -0.2) is 0 Å². The Morgan fingerprint density at radius 2 is 1.11 bits per heavy atom. The standard InChI is InChI=1S/C12H28O4SSi/c1-4-8-13-18(14-9-5-2,15-10-6-3)16-11-7-12-17/h17H,4-12H2,1-3H3. The fraction of sp³-hybridized carbons (Fsp3) is 1.00. The van der Waals surface area contributed by atoms with Crippen molar-refractivity contribution in [2.24, 2.45) is 0 Å². The molecule has 0 saturated heterocycles. The first-order valence-electron chi connectivity index (χ1n) is 6.91. The second-order valence-electron chi connectivity index (χ2n) is 3.97. The van der Waals surface area contributed by atoms with E-state index in [-0.39, 0.29) is 0 Å². The minimum Gasteiger partial charge on any atom is -0.351 e. The van der Waals surface area contributed by atoms with Crippen LogP contribution in [0.15, 0.2) is 0 Å². The molecule has 0 aliphatic heterocycles. The zero-order chi connectivity index (χ0) is 13.7. The van der Waals surface area contributed by atoms with Gasteiger partial charge in [-0.05, 0) is 31.4 Å². The molecule has 0 aliphatic carbocycles. The molecule has 0 aromatic carbocycles. The SMILES string of the molecule is CCCO[Si](OCCC)(OCCC)OCCCS. The summed E-state index contributed by atoms with van der Waals surface area (Å²) >= 11 is 4.18. The van der Waals surface area contributed by atoms with Gasteiger partial charge in [-0.15, -0.1) is 0 Å². The van der Waals surface area contributed by atoms with Crippen LogP contribution in [0, 0.1) is 0 Å². The van der Waals surface area contributed by atoms with E-state index in [9.17, 15) is 0 Å². The molecule has 0 amide bonds. The van der Waals surface area contributed by atoms with Crippen molar-refractivity contribution < 1.29 is 17.7 Å². The lowest BCUT2D eigenvalue weighted by atomic mass is 10.5. The molecule has 0 saturated carbocycles. The van der Waals surface area contributed by atoms with E-state index < -0.39 is 9.05 Å². The first kappa shape index (κ1) is 18.4. The van der Waals surface area contributed by atoms with Crippen molar-refractivity contribution >= 4 is 21.7 Å². The third-order valence-electron chi connectivity index (χ3n) is 2.03. The van der Waals surface area contributed by atoms with Gasteiger partial charge in [0.2, 0.25) is 0 Å². The Morgan fingerprint density at radius 3 is 1.44 bits per heavy atom. The van der Waals surface area contributed by atoms with E-state index in [0.29, 0.717) is 26.4 Å². The summed E-state index contributed by atoms with van der Waals surface area (Å²) in [5, 5.41) is 0. The highest BCUT2D eigenvalue weighted by atomic mass is 32.1. The molecule has 110 valence electrons. The molecule has 0 fully saturated rings. The van der Waals surface area contributed by atoms with E-state index >= 15 is 0 Å². The lowest BCUT2D eigenvalue weighted by Gasteiger charge is -2.27. The summed E-state index contributed by atoms with van der Waals surface area (Å²) < 4.78 is 23.1. The third kappa shape index (κ3) is 8.50. The fourth-order valence-electron chi connectivity index (χ4n) is 1.19. The summed E-state index contributed by atoms with van der Waals surface area (Å²) in [5.41, 5.74) is 0. The summed E-state index contributed by atoms with van der Waals surface area (Å²) in [6, 6.07) is 0. The Bertz CT molecular complexity index is 162. The monoisotopic (exact) mass is 296 g/mol. The number of rotatable bonds is 13. The molecule has 0 rings (SSSR count). The maximum atomic E-state index is 5.80. The molecule has 0 radical (unpaired) electrons. The van der Waals surface area contributed by atoms with Gasteiger partial charge in [-0.1, -0.05) is 20.8 Å². The second kappa shape index (κ2) is 12.4. The number of hydrogen-bond acceptors (Lipinski definition) is 5. The molecule has 0 aromatic heterocycles. The smallest absolute Gasteiger partial charge is 0.351 e. The first-order valence-corrected chi connectivity index (χ1v) is 9.17. The van der Waals surface area contributed by atoms with Crippen LogP contribution in [0.4, 0.5) is 0 Å². The van der Waals surface area contributed by atoms with Gasteiger partial charge in [0.1, 0.15) is 0 Å². The predicted octanol–water partition coefficient (Wildman–Crippen LogP) is 3.04. The molecule has 0 spiro atoms. The molecule has 0 atom stereocenters. The third-order valence-corrected chi connectivity index (χ3v) is 4.58. The van der Waals surface area contributed by atoms with Crippen LogP contribution >= 0.6 is 12.6 Å². The van der Waals surface area contributed by atoms with Gasteiger partial charge in [0, 0.05) is 26.4 Å². The second-order valence-corrected chi connectivity index (χ2v) is 6.57. The Labute approximate surface area is 118 Å². The van der Waals surface area contributed by atoms with Gasteiger partial charge in [-0.3, -0.25) is 0 Å². The van der Waals surface area contributed by atoms with Crippen molar-refractivity contribution in [3.05, 3.63) is 0 Å². The van der Waals surface area contributed by atoms with Crippen molar-refractivity contribution in [3.8, 4) is 0 Å². The van der Waals surface area contributed by atoms with E-state index in [0.717, 1.165) is 31.4 Å². The summed E-state index contributed by atoms with van der Waals surface area (Å²) in [7, 11) is -2.93. The maximum Gasteiger partial charge on any atom is 0.679 e. The summed E-state index contributed by atoms with van der Waals surface area (Å²) in [6.45, 7) is 8.60. The highest BCUT2D eigenvalue weighted by Gasteiger charge is 2.45. The summed E-state index contributed by atoms with van der Waals surface area (Å²) in [6.07, 6.45) is 3.65. The Kier molecular flexibility index (Phi) is 12.7. The van der Waals surface area contributed by atoms with Crippen LogP contribution in [0.2, 0.25) is 0 Å². The Morgan fingerprint density at radius 1 is 0.722 bits per heavy atom. The van der Waals surface area contributed by atoms with E-state index in [1.165, 1.54) is 0 Å². The average Bonchev–Trinajstić information content (AvgIpc) is 2.40. The molecule has 0 bridgehead atoms. The highest BCUT2D eigenvalue weighted by molar-refractivity contribution is 7.80. The van der Waals surface area contributed by atoms with Gasteiger partial charge in [0.15, 0.2) is 0 Å². The minimum absolute atomic E-state index is 0.576. The van der Waals surface area contributed by atoms with Gasteiger partial charge < -0.3 is 17.7 Å². The van der Waals surface area contributed by atoms with Crippen LogP contribution in [0.1, 0.15) is 46.5 Å². The quantitative estimate of drug-likeness (QED) is 0.322. The molecule has 0 N–H and O–H groups in total. The van der Waals surface area contributed by atoms with Gasteiger partial charge in [0.25, 0.3) is 0 Å². The van der Waals surface area contributed by atoms with Crippen LogP contribution in [0.3, 0.4) is 0 Å². The Balaban J connectivity index is 4.41. The molecule has 0 aromatic rings. The van der Waals surface area contributed by atoms with E-state index in [4.69, 9.17) is 17.7 Å². The summed E-state index contributed by atoms with van der Waals surface area (Å²) in [5.74, 6) is 0.791. The van der Waals surface area contributed by atoms with Crippen LogP contribution < -0.4 is 0 Å². The van der Waals surface area contributed by atoms with E-state index in [1.54, 1.807) is 0 Å². The maximum absolute atomic E-state index is 5.80. The van der Waals surface area contributed by atoms with Crippen molar-refractivity contribution in [2.45, 2.75) is 46.5 Å². The predicted molar refractivity (Wildman–Crippen MR) is 78.9 cm³/mol. The van der Waals surface area contributed by atoms with Crippen molar-refractivity contribution in [2.75, 3.05) is 32.2 Å². The fourth-order valence-corrected chi connectivity index (χ4v) is 3.58. The highest BCUT2D eigenvalue weighted by Crippen LogP contribution is 2.14. The summed E-state index contributed by atoms with van der Waals surface area (Å²) in [4.78, 5) is 0. The van der Waals surface area contributed by atoms with Crippen molar-refractivity contribution in [1.82, 2.24) is 0 Å². The molecule has 18 heavy (non-hydrogen) atoms. The molecule has 6 heteroatoms. The van der Waals surface area contributed by atoms with Crippen LogP contribution in [0.5, 0.6) is 0 Å². The minimum atomic E-state index is -2.93. The normalized spacial score (nSPS) is 12.0. The van der Waals surface area contributed by atoms with Crippen LogP contribution in [-0.2, 0) is 17.7 Å². The van der Waals surface area contributed by atoms with Crippen LogP contribution in [-0.4, -0.2) is 41.2 Å². The van der Waals surface area contributed by atoms with Gasteiger partial charge >= 0.3 is 9.05 Å². The van der Waals surface area contributed by atoms with Crippen molar-refractivity contribution in [1.29, 1.82) is 0 Å². The number of thiol groups is 1. The average molecular weight is 297 g/mol. The first-order chi connectivity index (χ1) is 8.74. The van der Waals surface area contributed by atoms with Gasteiger partial charge in [0.05, 0.1) is 0 Å². The lowest BCUT2D eigenvalue weighted by molar-refractivity contribution is -0.0345. The van der Waals surface area contributed by atoms with Crippen molar-refractivity contribution in [3.63, 3.8) is 0 Å². The Hall–Kier alpha value is 0.407. The zero-order valence-corrected chi connectivity index (χ0v) is 13.8. The molecule has 0 unspecified atom stereocenters. The molecule has 4 nitrogen and oxygen atoms in total. The molecular weight excluding hydrogens is 268 g/mol. The van der Waals surface area contributed by atoms with E-state index in [2.05, 4.69) is 33.4 Å².